The number of carbonyl (C=O) groups is 1. The van der Waals surface area contributed by atoms with Gasteiger partial charge in [-0.25, -0.2) is 0 Å². The van der Waals surface area contributed by atoms with Crippen molar-refractivity contribution < 1.29 is 9.53 Å². The number of H-pyrrole nitrogens is 1. The first-order valence-electron chi connectivity index (χ1n) is 10.4. The Labute approximate surface area is 190 Å². The van der Waals surface area contributed by atoms with Crippen LogP contribution in [0, 0.1) is 0 Å². The molecule has 0 radical (unpaired) electrons. The van der Waals surface area contributed by atoms with Crippen LogP contribution in [0.1, 0.15) is 5.56 Å². The van der Waals surface area contributed by atoms with Gasteiger partial charge in [0.2, 0.25) is 0 Å². The zero-order chi connectivity index (χ0) is 21.9. The lowest BCUT2D eigenvalue weighted by Crippen LogP contribution is -2.47. The Hall–Kier alpha value is -3.26. The minimum absolute atomic E-state index is 0.158. The molecule has 2 aromatic carbocycles. The Bertz CT molecular complexity index is 1240. The van der Waals surface area contributed by atoms with E-state index in [0.717, 1.165) is 40.8 Å². The normalized spacial score (nSPS) is 16.8. The summed E-state index contributed by atoms with van der Waals surface area (Å²) in [4.78, 5) is 19.2. The SMILES string of the molecule is O=C(Nc1ccc2[nH]nc(-c3ccncc3)c2c1)C1CN(Cc2cccc(Cl)c2)CCO1. The molecular formula is C24H22ClN5O2. The molecule has 0 spiro atoms. The molecule has 7 nitrogen and oxygen atoms in total. The number of amides is 1. The van der Waals surface area contributed by atoms with E-state index in [1.54, 1.807) is 12.4 Å². The second-order valence-corrected chi connectivity index (χ2v) is 8.22. The zero-order valence-corrected chi connectivity index (χ0v) is 18.0. The first kappa shape index (κ1) is 20.6. The second-order valence-electron chi connectivity index (χ2n) is 7.78. The van der Waals surface area contributed by atoms with Gasteiger partial charge in [0.1, 0.15) is 11.8 Å². The van der Waals surface area contributed by atoms with Gasteiger partial charge in [-0.15, -0.1) is 0 Å². The van der Waals surface area contributed by atoms with Gasteiger partial charge in [0.15, 0.2) is 0 Å². The number of hydrogen-bond acceptors (Lipinski definition) is 5. The number of carbonyl (C=O) groups excluding carboxylic acids is 1. The highest BCUT2D eigenvalue weighted by Gasteiger charge is 2.27. The fourth-order valence-corrected chi connectivity index (χ4v) is 4.16. The Balaban J connectivity index is 1.29. The molecule has 8 heteroatoms. The van der Waals surface area contributed by atoms with Gasteiger partial charge in [0.05, 0.1) is 12.1 Å². The average Bonchev–Trinajstić information content (AvgIpc) is 3.23. The largest absolute Gasteiger partial charge is 0.366 e. The number of fused-ring (bicyclic) bond motifs is 1. The third-order valence-corrected chi connectivity index (χ3v) is 5.76. The van der Waals surface area contributed by atoms with Crippen molar-refractivity contribution >= 4 is 34.1 Å². The molecular weight excluding hydrogens is 426 g/mol. The van der Waals surface area contributed by atoms with Crippen molar-refractivity contribution in [2.24, 2.45) is 0 Å². The molecule has 0 saturated carbocycles. The number of aromatic amines is 1. The van der Waals surface area contributed by atoms with Gasteiger partial charge >= 0.3 is 0 Å². The number of hydrogen-bond donors (Lipinski definition) is 2. The Kier molecular flexibility index (Phi) is 5.85. The number of nitrogens with one attached hydrogen (secondary N) is 2. The predicted octanol–water partition coefficient (Wildman–Crippen LogP) is 4.12. The van der Waals surface area contributed by atoms with E-state index in [1.807, 2.05) is 54.6 Å². The Morgan fingerprint density at radius 3 is 2.91 bits per heavy atom. The highest BCUT2D eigenvalue weighted by molar-refractivity contribution is 6.30. The van der Waals surface area contributed by atoms with Crippen LogP contribution in [0.4, 0.5) is 5.69 Å². The van der Waals surface area contributed by atoms with Crippen molar-refractivity contribution in [2.45, 2.75) is 12.6 Å². The number of benzene rings is 2. The summed E-state index contributed by atoms with van der Waals surface area (Å²) in [5.41, 5.74) is 4.50. The van der Waals surface area contributed by atoms with Gasteiger partial charge in [-0.2, -0.15) is 5.10 Å². The smallest absolute Gasteiger partial charge is 0.254 e. The van der Waals surface area contributed by atoms with E-state index in [1.165, 1.54) is 0 Å². The number of aromatic nitrogens is 3. The topological polar surface area (TPSA) is 83.1 Å². The molecule has 1 unspecified atom stereocenters. The second kappa shape index (κ2) is 9.08. The predicted molar refractivity (Wildman–Crippen MR) is 124 cm³/mol. The average molecular weight is 448 g/mol. The van der Waals surface area contributed by atoms with Gasteiger partial charge in [-0.1, -0.05) is 23.7 Å². The monoisotopic (exact) mass is 447 g/mol. The van der Waals surface area contributed by atoms with E-state index in [9.17, 15) is 4.79 Å². The lowest BCUT2D eigenvalue weighted by atomic mass is 10.1. The summed E-state index contributed by atoms with van der Waals surface area (Å²) in [5.74, 6) is -0.158. The summed E-state index contributed by atoms with van der Waals surface area (Å²) in [6, 6.07) is 17.3. The van der Waals surface area contributed by atoms with Crippen LogP contribution in [0.25, 0.3) is 22.2 Å². The van der Waals surface area contributed by atoms with Crippen molar-refractivity contribution in [3.05, 3.63) is 77.6 Å². The molecule has 5 rings (SSSR count). The van der Waals surface area contributed by atoms with Gasteiger partial charge in [-0.3, -0.25) is 19.8 Å². The molecule has 0 bridgehead atoms. The molecule has 3 heterocycles. The molecule has 2 N–H and O–H groups in total. The fourth-order valence-electron chi connectivity index (χ4n) is 3.94. The maximum absolute atomic E-state index is 12.9. The molecule has 1 saturated heterocycles. The summed E-state index contributed by atoms with van der Waals surface area (Å²) in [7, 11) is 0. The standard InChI is InChI=1S/C24H22ClN5O2/c25-18-3-1-2-16(12-18)14-30-10-11-32-22(15-30)24(31)27-19-4-5-21-20(13-19)23(29-28-21)17-6-8-26-9-7-17/h1-9,12-13,22H,10-11,14-15H2,(H,27,31)(H,28,29). The number of halogens is 1. The lowest BCUT2D eigenvalue weighted by molar-refractivity contribution is -0.133. The highest BCUT2D eigenvalue weighted by atomic mass is 35.5. The summed E-state index contributed by atoms with van der Waals surface area (Å²) < 4.78 is 5.76. The molecule has 1 aliphatic heterocycles. The highest BCUT2D eigenvalue weighted by Crippen LogP contribution is 2.28. The van der Waals surface area contributed by atoms with Crippen LogP contribution in [0.5, 0.6) is 0 Å². The molecule has 0 aliphatic carbocycles. The maximum atomic E-state index is 12.9. The number of morpholine rings is 1. The van der Waals surface area contributed by atoms with Crippen LogP contribution in [-0.2, 0) is 16.1 Å². The van der Waals surface area contributed by atoms with Crippen LogP contribution >= 0.6 is 11.6 Å². The molecule has 32 heavy (non-hydrogen) atoms. The van der Waals surface area contributed by atoms with E-state index in [2.05, 4.69) is 25.4 Å². The van der Waals surface area contributed by atoms with E-state index in [4.69, 9.17) is 16.3 Å². The Morgan fingerprint density at radius 2 is 2.06 bits per heavy atom. The summed E-state index contributed by atoms with van der Waals surface area (Å²) in [6.07, 6.45) is 2.93. The molecule has 1 aliphatic rings. The first-order valence-corrected chi connectivity index (χ1v) is 10.8. The van der Waals surface area contributed by atoms with Gasteiger partial charge < -0.3 is 10.1 Å². The van der Waals surface area contributed by atoms with Crippen LogP contribution < -0.4 is 5.32 Å². The molecule has 1 atom stereocenters. The van der Waals surface area contributed by atoms with Crippen molar-refractivity contribution in [2.75, 3.05) is 25.0 Å². The van der Waals surface area contributed by atoms with Crippen LogP contribution in [-0.4, -0.2) is 51.8 Å². The van der Waals surface area contributed by atoms with E-state index >= 15 is 0 Å². The number of rotatable bonds is 5. The van der Waals surface area contributed by atoms with Crippen molar-refractivity contribution in [1.82, 2.24) is 20.1 Å². The molecule has 162 valence electrons. The van der Waals surface area contributed by atoms with Gasteiger partial charge in [-0.05, 0) is 48.0 Å². The van der Waals surface area contributed by atoms with E-state index in [0.29, 0.717) is 23.9 Å². The maximum Gasteiger partial charge on any atom is 0.254 e. The lowest BCUT2D eigenvalue weighted by Gasteiger charge is -2.32. The van der Waals surface area contributed by atoms with Crippen molar-refractivity contribution in [3.8, 4) is 11.3 Å². The molecule has 1 amide bonds. The molecule has 1 fully saturated rings. The summed E-state index contributed by atoms with van der Waals surface area (Å²) >= 11 is 6.10. The molecule has 2 aromatic heterocycles. The number of anilines is 1. The van der Waals surface area contributed by atoms with E-state index < -0.39 is 6.10 Å². The summed E-state index contributed by atoms with van der Waals surface area (Å²) in [5, 5.41) is 12.1. The first-order chi connectivity index (χ1) is 15.7. The number of nitrogens with zero attached hydrogens (tertiary/aromatic N) is 3. The summed E-state index contributed by atoms with van der Waals surface area (Å²) in [6.45, 7) is 2.52. The number of pyridine rings is 1. The quantitative estimate of drug-likeness (QED) is 0.481. The van der Waals surface area contributed by atoms with Crippen molar-refractivity contribution in [3.63, 3.8) is 0 Å². The van der Waals surface area contributed by atoms with Crippen LogP contribution in [0.3, 0.4) is 0 Å². The minimum atomic E-state index is -0.539. The van der Waals surface area contributed by atoms with E-state index in [-0.39, 0.29) is 5.91 Å². The van der Waals surface area contributed by atoms with Crippen LogP contribution in [0.2, 0.25) is 5.02 Å². The number of ether oxygens (including phenoxy) is 1. The zero-order valence-electron chi connectivity index (χ0n) is 17.3. The Morgan fingerprint density at radius 1 is 1.19 bits per heavy atom. The fraction of sp³-hybridized carbons (Fsp3) is 0.208. The third kappa shape index (κ3) is 4.50. The molecule has 4 aromatic rings. The van der Waals surface area contributed by atoms with Crippen molar-refractivity contribution in [1.29, 1.82) is 0 Å². The van der Waals surface area contributed by atoms with Gasteiger partial charge in [0.25, 0.3) is 5.91 Å². The van der Waals surface area contributed by atoms with Gasteiger partial charge in [0, 0.05) is 53.7 Å². The van der Waals surface area contributed by atoms with Crippen LogP contribution in [0.15, 0.2) is 67.0 Å². The third-order valence-electron chi connectivity index (χ3n) is 5.52. The minimum Gasteiger partial charge on any atom is -0.366 e.